The van der Waals surface area contributed by atoms with Crippen molar-refractivity contribution in [1.29, 1.82) is 0 Å². The first-order valence-corrected chi connectivity index (χ1v) is 38.1. The predicted octanol–water partition coefficient (Wildman–Crippen LogP) is 18.7. The minimum atomic E-state index is -1.17. The summed E-state index contributed by atoms with van der Waals surface area (Å²) in [6.45, 7) is 16.1. The second kappa shape index (κ2) is 43.9. The molecule has 0 saturated carbocycles. The highest BCUT2D eigenvalue weighted by atomic mass is 32.1. The van der Waals surface area contributed by atoms with Gasteiger partial charge in [-0.25, -0.2) is 28.8 Å². The van der Waals surface area contributed by atoms with E-state index in [1.165, 1.54) is 91.1 Å². The quantitative estimate of drug-likeness (QED) is 0.0134. The number of allylic oxidation sites excluding steroid dienone is 1. The van der Waals surface area contributed by atoms with Crippen LogP contribution in [0.4, 0.5) is 5.69 Å². The summed E-state index contributed by atoms with van der Waals surface area (Å²) in [4.78, 5) is 169. The Balaban J connectivity index is 0.000000181. The second-order valence-corrected chi connectivity index (χ2v) is 28.4. The van der Waals surface area contributed by atoms with Crippen LogP contribution in [0, 0.1) is 34.3 Å². The van der Waals surface area contributed by atoms with Crippen LogP contribution >= 0.6 is 11.3 Å². The Kier molecular flexibility index (Phi) is 33.0. The van der Waals surface area contributed by atoms with Gasteiger partial charge >= 0.3 is 35.8 Å². The molecule has 608 valence electrons. The third-order valence-electron chi connectivity index (χ3n) is 18.6. The largest absolute Gasteiger partial charge is 0.481 e. The molecule has 1 aliphatic heterocycles. The van der Waals surface area contributed by atoms with Gasteiger partial charge in [0.15, 0.2) is 40.4 Å². The molecule has 121 heavy (non-hydrogen) atoms. The van der Waals surface area contributed by atoms with Gasteiger partial charge in [-0.3, -0.25) is 48.1 Å². The van der Waals surface area contributed by atoms with E-state index in [2.05, 4.69) is 4.85 Å². The fourth-order valence-electron chi connectivity index (χ4n) is 12.2. The lowest BCUT2D eigenvalue weighted by Crippen LogP contribution is -2.29. The second-order valence-electron chi connectivity index (χ2n) is 27.4. The van der Waals surface area contributed by atoms with Crippen molar-refractivity contribution in [2.24, 2.45) is 0 Å². The van der Waals surface area contributed by atoms with Crippen molar-refractivity contribution in [2.45, 2.75) is 73.3 Å². The number of hydrogen-bond donors (Lipinski definition) is 6. The summed E-state index contributed by atoms with van der Waals surface area (Å²) in [6, 6.07) is 74.6. The van der Waals surface area contributed by atoms with Crippen LogP contribution in [-0.2, 0) is 43.4 Å². The number of imide groups is 1. The molecule has 0 spiro atoms. The number of aryl methyl sites for hydroxylation is 4. The minimum Gasteiger partial charge on any atom is -0.481 e. The number of benzene rings is 11. The Labute approximate surface area is 700 Å². The standard InChI is InChI=1S/C18H13NO5.C17H13NO3.C17H16O3.C17H14O3.C16H14O3.C13H10O3S/c1-10(20)11-6-7-14-15(8-11)17(22)19(16(14)21)9-12-4-2-3-5-13(12)18(23)24;1-11-3-5-12(6-4-11)9-16(19)15-10-13(18-2)7-8-14(15)17(20)21;1-12-6-8-13(9-7-12)10-16(18)15-5-3-2-4-14(15)11-17(19)20;1-12-6-8-13(9-7-12)10-11-16(18)14-4-2-3-5-15(14)17(19)20;1-11-6-2-3-7-12(11)10-15(17)13-8-4-5-9-14(13)16(18)19;14-12(8-9-4-3-7-17-9)10-5-1-2-6-11(10)13(15)16/h2-8H,9H2,1H3,(H,23,24);3-8,10H,9H2,1H3,(H,20,21);2-9H,10-11H2,1H3,(H,19,20);2-11H,1H3,(H,19,20);2-9H,10H2,1H3,(H,18,19);1-7H,8H2,(H,15,16)/b;;;11-10+;;. The monoisotopic (exact) mass is 1640 g/mol. The van der Waals surface area contributed by atoms with Crippen LogP contribution in [0.3, 0.4) is 0 Å². The maximum Gasteiger partial charge on any atom is 0.336 e. The molecular weight excluding hydrogens is 1560 g/mol. The molecule has 12 aromatic rings. The van der Waals surface area contributed by atoms with Gasteiger partial charge in [0.25, 0.3) is 11.8 Å². The number of carbonyl (C=O) groups is 14. The van der Waals surface area contributed by atoms with Crippen LogP contribution in [0.5, 0.6) is 0 Å². The zero-order valence-electron chi connectivity index (χ0n) is 66.1. The van der Waals surface area contributed by atoms with E-state index >= 15 is 0 Å². The highest BCUT2D eigenvalue weighted by Crippen LogP contribution is 2.28. The molecule has 0 radical (unpaired) electrons. The van der Waals surface area contributed by atoms with E-state index in [1.54, 1.807) is 97.1 Å². The molecule has 0 atom stereocenters. The Morgan fingerprint density at radius 3 is 1.26 bits per heavy atom. The number of rotatable bonds is 25. The smallest absolute Gasteiger partial charge is 0.336 e. The molecule has 22 nitrogen and oxygen atoms in total. The van der Waals surface area contributed by atoms with Crippen molar-refractivity contribution in [3.8, 4) is 0 Å². The van der Waals surface area contributed by atoms with E-state index in [1.807, 2.05) is 142 Å². The normalized spacial score (nSPS) is 10.8. The van der Waals surface area contributed by atoms with E-state index in [0.29, 0.717) is 22.3 Å². The Bertz CT molecular complexity index is 5990. The number of nitrogens with zero attached hydrogens (tertiary/aromatic N) is 2. The zero-order valence-corrected chi connectivity index (χ0v) is 66.9. The average Bonchev–Trinajstić information content (AvgIpc) is 1.62. The summed E-state index contributed by atoms with van der Waals surface area (Å²) in [6.07, 6.45) is 3.82. The molecule has 6 N–H and O–H groups in total. The Hall–Kier alpha value is -15.7. The maximum absolute atomic E-state index is 12.5. The number of ketones is 6. The molecule has 0 unspecified atom stereocenters. The number of carboxylic acids is 6. The van der Waals surface area contributed by atoms with Crippen molar-refractivity contribution in [1.82, 2.24) is 4.90 Å². The molecular formula is C98H80N2O20S. The highest BCUT2D eigenvalue weighted by Gasteiger charge is 2.37. The van der Waals surface area contributed by atoms with E-state index in [4.69, 9.17) is 32.1 Å². The van der Waals surface area contributed by atoms with Gasteiger partial charge in [-0.2, -0.15) is 0 Å². The Morgan fingerprint density at radius 1 is 0.372 bits per heavy atom. The van der Waals surface area contributed by atoms with Crippen molar-refractivity contribution in [2.75, 3.05) is 0 Å². The van der Waals surface area contributed by atoms with E-state index in [-0.39, 0.29) is 140 Å². The topological polar surface area (TPSA) is 368 Å². The number of fused-ring (bicyclic) bond motifs is 1. The number of carboxylic acid groups (broad SMARTS) is 6. The van der Waals surface area contributed by atoms with Crippen molar-refractivity contribution < 1.29 is 97.8 Å². The van der Waals surface area contributed by atoms with Crippen LogP contribution in [0.15, 0.2) is 278 Å². The maximum atomic E-state index is 12.5. The molecule has 0 aliphatic carbocycles. The summed E-state index contributed by atoms with van der Waals surface area (Å²) in [5.41, 5.74) is 11.3. The molecule has 13 rings (SSSR count). The van der Waals surface area contributed by atoms with Gasteiger partial charge in [0.2, 0.25) is 0 Å². The lowest BCUT2D eigenvalue weighted by Gasteiger charge is -2.15. The highest BCUT2D eigenvalue weighted by molar-refractivity contribution is 7.10. The van der Waals surface area contributed by atoms with Crippen LogP contribution in [0.25, 0.3) is 10.9 Å². The summed E-state index contributed by atoms with van der Waals surface area (Å²) in [5.74, 6) is -8.70. The van der Waals surface area contributed by atoms with Crippen LogP contribution in [-0.4, -0.2) is 118 Å². The van der Waals surface area contributed by atoms with Gasteiger partial charge in [-0.15, -0.1) is 11.3 Å². The van der Waals surface area contributed by atoms with Gasteiger partial charge < -0.3 is 30.6 Å². The fraction of sp³-hybridized carbons (Fsp3) is 0.112. The van der Waals surface area contributed by atoms with Gasteiger partial charge in [-0.05, 0) is 134 Å². The molecule has 0 bridgehead atoms. The molecule has 1 aliphatic rings. The van der Waals surface area contributed by atoms with Crippen LogP contribution in [0.2, 0.25) is 0 Å². The number of aliphatic carboxylic acids is 1. The summed E-state index contributed by atoms with van der Waals surface area (Å²) in [7, 11) is 0. The van der Waals surface area contributed by atoms with Gasteiger partial charge in [0.05, 0.1) is 58.5 Å². The fourth-order valence-corrected chi connectivity index (χ4v) is 12.9. The molecule has 2 amide bonds. The third-order valence-corrected chi connectivity index (χ3v) is 19.5. The predicted molar refractivity (Wildman–Crippen MR) is 456 cm³/mol. The SMILES string of the molecule is CC(=O)c1ccc2c(c1)C(=O)N(Cc1ccccc1C(=O)O)C2=O.Cc1ccc(/C=C/C(=O)c2ccccc2C(=O)O)cc1.Cc1ccc(CC(=O)c2ccccc2CC(=O)O)cc1.Cc1ccccc1CC(=O)c1ccccc1C(=O)O.O=C(O)c1ccccc1C(=O)Cc1cccs1.[C-]#[N+]c1ccc(C(=O)O)c(C(=O)Cc2ccc(C)cc2)c1. The number of hydrogen-bond acceptors (Lipinski definition) is 15. The number of Topliss-reactive ketones (excluding diaryl/α,β-unsaturated/α-hetero) is 5. The molecule has 0 saturated heterocycles. The van der Waals surface area contributed by atoms with E-state index in [9.17, 15) is 72.2 Å². The lowest BCUT2D eigenvalue weighted by molar-refractivity contribution is -0.136. The van der Waals surface area contributed by atoms with Crippen molar-refractivity contribution in [3.05, 3.63) is 423 Å². The number of thiophene rings is 1. The van der Waals surface area contributed by atoms with E-state index in [0.717, 1.165) is 54.3 Å². The summed E-state index contributed by atoms with van der Waals surface area (Å²) < 4.78 is 0. The van der Waals surface area contributed by atoms with Gasteiger partial charge in [0, 0.05) is 63.9 Å². The number of aromatic carboxylic acids is 5. The third kappa shape index (κ3) is 26.2. The Morgan fingerprint density at radius 2 is 0.785 bits per heavy atom. The van der Waals surface area contributed by atoms with Gasteiger partial charge in [-0.1, -0.05) is 241 Å². The lowest BCUT2D eigenvalue weighted by atomic mass is 9.96. The molecule has 1 aromatic heterocycles. The molecule has 2 heterocycles. The molecule has 11 aromatic carbocycles. The minimum absolute atomic E-state index is 0.0195. The van der Waals surface area contributed by atoms with Crippen LogP contribution < -0.4 is 0 Å². The number of carbonyl (C=O) groups excluding carboxylic acids is 8. The summed E-state index contributed by atoms with van der Waals surface area (Å²) >= 11 is 1.49. The van der Waals surface area contributed by atoms with Crippen molar-refractivity contribution in [3.63, 3.8) is 0 Å². The van der Waals surface area contributed by atoms with Crippen molar-refractivity contribution >= 4 is 105 Å². The summed E-state index contributed by atoms with van der Waals surface area (Å²) in [5, 5.41) is 56.3. The first kappa shape index (κ1) is 90.9. The number of amides is 2. The zero-order chi connectivity index (χ0) is 88.0. The first-order chi connectivity index (χ1) is 57.8. The van der Waals surface area contributed by atoms with Crippen LogP contribution in [0.1, 0.15) is 202 Å². The first-order valence-electron chi connectivity index (χ1n) is 37.3. The average molecular weight is 1640 g/mol. The van der Waals surface area contributed by atoms with Gasteiger partial charge in [0.1, 0.15) is 0 Å². The molecule has 23 heteroatoms. The molecule has 0 fully saturated rings. The van der Waals surface area contributed by atoms with E-state index < -0.39 is 47.6 Å².